The molecule has 0 aromatic carbocycles. The topological polar surface area (TPSA) is 105 Å². The van der Waals surface area contributed by atoms with E-state index in [-0.39, 0.29) is 23.4 Å². The number of hydrogen-bond donors (Lipinski definition) is 1. The van der Waals surface area contributed by atoms with Crippen molar-refractivity contribution in [3.63, 3.8) is 0 Å². The molecule has 0 atom stereocenters. The van der Waals surface area contributed by atoms with Crippen LogP contribution in [-0.2, 0) is 9.53 Å². The summed E-state index contributed by atoms with van der Waals surface area (Å²) in [6, 6.07) is -0.325. The fourth-order valence-corrected chi connectivity index (χ4v) is 3.64. The van der Waals surface area contributed by atoms with Gasteiger partial charge in [0, 0.05) is 25.8 Å². The maximum absolute atomic E-state index is 12.5. The highest BCUT2D eigenvalue weighted by atomic mass is 16.5. The van der Waals surface area contributed by atoms with Crippen molar-refractivity contribution in [2.45, 2.75) is 32.2 Å². The van der Waals surface area contributed by atoms with Gasteiger partial charge in [0.25, 0.3) is 5.91 Å². The summed E-state index contributed by atoms with van der Waals surface area (Å²) in [4.78, 5) is 48.4. The Morgan fingerprint density at radius 1 is 1.35 bits per heavy atom. The second-order valence-corrected chi connectivity index (χ2v) is 7.03. The molecule has 1 N–H and O–H groups in total. The van der Waals surface area contributed by atoms with Crippen LogP contribution in [0.5, 0.6) is 0 Å². The second kappa shape index (κ2) is 6.89. The maximum atomic E-state index is 12.5. The molecule has 2 aliphatic heterocycles. The third kappa shape index (κ3) is 2.97. The standard InChI is InChI=1S/C17H23N5O4/c1-11(2)9-22-16(25)20-15(24)17(22)4-6-21(7-5-17)13-12(14(23)26-3)8-18-10-19-13/h8,10-11H,4-7,9H2,1-3H3,(H,20,24,25). The highest BCUT2D eigenvalue weighted by Crippen LogP contribution is 2.35. The highest BCUT2D eigenvalue weighted by molar-refractivity contribution is 6.07. The van der Waals surface area contributed by atoms with Crippen LogP contribution in [0.2, 0.25) is 0 Å². The number of carbonyl (C=O) groups excluding carboxylic acids is 3. The Morgan fingerprint density at radius 2 is 2.04 bits per heavy atom. The van der Waals surface area contributed by atoms with Crippen LogP contribution < -0.4 is 10.2 Å². The Morgan fingerprint density at radius 3 is 2.65 bits per heavy atom. The number of anilines is 1. The van der Waals surface area contributed by atoms with E-state index >= 15 is 0 Å². The Kier molecular flexibility index (Phi) is 4.80. The van der Waals surface area contributed by atoms with Crippen LogP contribution in [0.3, 0.4) is 0 Å². The quantitative estimate of drug-likeness (QED) is 0.625. The maximum Gasteiger partial charge on any atom is 0.343 e. The largest absolute Gasteiger partial charge is 0.465 e. The van der Waals surface area contributed by atoms with Crippen LogP contribution >= 0.6 is 0 Å². The van der Waals surface area contributed by atoms with Gasteiger partial charge in [0.15, 0.2) is 0 Å². The Hall–Kier alpha value is -2.71. The molecule has 26 heavy (non-hydrogen) atoms. The van der Waals surface area contributed by atoms with Gasteiger partial charge in [-0.2, -0.15) is 0 Å². The molecular weight excluding hydrogens is 338 g/mol. The number of nitrogens with one attached hydrogen (secondary N) is 1. The lowest BCUT2D eigenvalue weighted by atomic mass is 9.85. The number of amides is 3. The van der Waals surface area contributed by atoms with E-state index in [2.05, 4.69) is 15.3 Å². The Balaban J connectivity index is 1.82. The first-order valence-electron chi connectivity index (χ1n) is 8.65. The smallest absolute Gasteiger partial charge is 0.343 e. The summed E-state index contributed by atoms with van der Waals surface area (Å²) in [7, 11) is 1.31. The van der Waals surface area contributed by atoms with Crippen LogP contribution in [0.25, 0.3) is 0 Å². The van der Waals surface area contributed by atoms with Crippen molar-refractivity contribution >= 4 is 23.7 Å². The van der Waals surface area contributed by atoms with Crippen LogP contribution in [0.15, 0.2) is 12.5 Å². The molecule has 3 heterocycles. The first-order valence-corrected chi connectivity index (χ1v) is 8.65. The van der Waals surface area contributed by atoms with Crippen molar-refractivity contribution in [3.8, 4) is 0 Å². The number of nitrogens with zero attached hydrogens (tertiary/aromatic N) is 4. The second-order valence-electron chi connectivity index (χ2n) is 7.03. The van der Waals surface area contributed by atoms with Crippen LogP contribution in [0, 0.1) is 5.92 Å². The monoisotopic (exact) mass is 361 g/mol. The zero-order valence-electron chi connectivity index (χ0n) is 15.2. The summed E-state index contributed by atoms with van der Waals surface area (Å²) in [6.07, 6.45) is 3.75. The van der Waals surface area contributed by atoms with Gasteiger partial charge >= 0.3 is 12.0 Å². The molecule has 0 saturated carbocycles. The molecule has 1 spiro atoms. The van der Waals surface area contributed by atoms with Gasteiger partial charge in [-0.1, -0.05) is 13.8 Å². The van der Waals surface area contributed by atoms with Crippen LogP contribution in [0.1, 0.15) is 37.0 Å². The zero-order chi connectivity index (χ0) is 18.9. The van der Waals surface area contributed by atoms with E-state index in [0.29, 0.717) is 38.3 Å². The summed E-state index contributed by atoms with van der Waals surface area (Å²) in [6.45, 7) is 5.55. The van der Waals surface area contributed by atoms with E-state index in [1.807, 2.05) is 18.7 Å². The van der Waals surface area contributed by atoms with Crippen LogP contribution in [0.4, 0.5) is 10.6 Å². The van der Waals surface area contributed by atoms with Crippen LogP contribution in [-0.4, -0.2) is 65.1 Å². The number of methoxy groups -OCH3 is 1. The lowest BCUT2D eigenvalue weighted by Gasteiger charge is -2.43. The number of esters is 1. The van der Waals surface area contributed by atoms with Crippen molar-refractivity contribution in [1.82, 2.24) is 20.2 Å². The van der Waals surface area contributed by atoms with E-state index in [4.69, 9.17) is 4.74 Å². The van der Waals surface area contributed by atoms with E-state index in [0.717, 1.165) is 0 Å². The van der Waals surface area contributed by atoms with Gasteiger partial charge in [-0.3, -0.25) is 10.1 Å². The number of urea groups is 1. The molecule has 2 aliphatic rings. The van der Waals surface area contributed by atoms with Crippen molar-refractivity contribution < 1.29 is 19.1 Å². The van der Waals surface area contributed by atoms with Crippen molar-refractivity contribution in [2.24, 2.45) is 5.92 Å². The minimum Gasteiger partial charge on any atom is -0.465 e. The summed E-state index contributed by atoms with van der Waals surface area (Å²) in [5.41, 5.74) is -0.534. The molecule has 0 radical (unpaired) electrons. The number of imide groups is 1. The Labute approximate surface area is 151 Å². The average Bonchev–Trinajstić information content (AvgIpc) is 2.85. The Bertz CT molecular complexity index is 728. The van der Waals surface area contributed by atoms with Crippen molar-refractivity contribution in [2.75, 3.05) is 31.6 Å². The predicted octanol–water partition coefficient (Wildman–Crippen LogP) is 0.810. The van der Waals surface area contributed by atoms with Gasteiger partial charge in [0.2, 0.25) is 0 Å². The van der Waals surface area contributed by atoms with Gasteiger partial charge in [0.1, 0.15) is 23.2 Å². The normalized spacial score (nSPS) is 19.2. The van der Waals surface area contributed by atoms with Gasteiger partial charge in [-0.25, -0.2) is 19.6 Å². The molecule has 2 saturated heterocycles. The fraction of sp³-hybridized carbons (Fsp3) is 0.588. The number of ether oxygens (including phenoxy) is 1. The molecule has 0 aliphatic carbocycles. The number of hydrogen-bond acceptors (Lipinski definition) is 7. The third-order valence-corrected chi connectivity index (χ3v) is 4.94. The first kappa shape index (κ1) is 18.1. The molecule has 1 aromatic heterocycles. The minimum absolute atomic E-state index is 0.237. The molecule has 2 fully saturated rings. The molecule has 9 nitrogen and oxygen atoms in total. The lowest BCUT2D eigenvalue weighted by Crippen LogP contribution is -2.57. The average molecular weight is 361 g/mol. The molecule has 1 aromatic rings. The SMILES string of the molecule is COC(=O)c1cncnc1N1CCC2(CC1)C(=O)NC(=O)N2CC(C)C. The van der Waals surface area contributed by atoms with E-state index in [1.54, 1.807) is 4.90 Å². The van der Waals surface area contributed by atoms with Gasteiger partial charge < -0.3 is 14.5 Å². The van der Waals surface area contributed by atoms with E-state index < -0.39 is 11.5 Å². The summed E-state index contributed by atoms with van der Waals surface area (Å²) >= 11 is 0. The molecular formula is C17H23N5O4. The molecule has 0 unspecified atom stereocenters. The minimum atomic E-state index is -0.823. The molecule has 0 bridgehead atoms. The van der Waals surface area contributed by atoms with Gasteiger partial charge in [-0.05, 0) is 18.8 Å². The highest BCUT2D eigenvalue weighted by Gasteiger charge is 2.54. The lowest BCUT2D eigenvalue weighted by molar-refractivity contribution is -0.127. The van der Waals surface area contributed by atoms with Crippen molar-refractivity contribution in [3.05, 3.63) is 18.1 Å². The first-order chi connectivity index (χ1) is 12.4. The summed E-state index contributed by atoms with van der Waals surface area (Å²) < 4.78 is 4.79. The molecule has 3 rings (SSSR count). The van der Waals surface area contributed by atoms with Crippen molar-refractivity contribution in [1.29, 1.82) is 0 Å². The summed E-state index contributed by atoms with van der Waals surface area (Å²) in [5, 5.41) is 2.46. The fourth-order valence-electron chi connectivity index (χ4n) is 3.64. The number of piperidine rings is 1. The number of aromatic nitrogens is 2. The van der Waals surface area contributed by atoms with E-state index in [9.17, 15) is 14.4 Å². The molecule has 9 heteroatoms. The molecule has 3 amide bonds. The predicted molar refractivity (Wildman–Crippen MR) is 92.6 cm³/mol. The zero-order valence-corrected chi connectivity index (χ0v) is 15.2. The van der Waals surface area contributed by atoms with Gasteiger partial charge in [-0.15, -0.1) is 0 Å². The number of rotatable bonds is 4. The summed E-state index contributed by atoms with van der Waals surface area (Å²) in [5.74, 6) is 0.00553. The molecule has 140 valence electrons. The third-order valence-electron chi connectivity index (χ3n) is 4.94. The number of carbonyl (C=O) groups is 3. The van der Waals surface area contributed by atoms with Gasteiger partial charge in [0.05, 0.1) is 7.11 Å². The van der Waals surface area contributed by atoms with E-state index in [1.165, 1.54) is 19.6 Å².